The molecule has 1 aliphatic rings. The minimum Gasteiger partial charge on any atom is -0.354 e. The van der Waals surface area contributed by atoms with Crippen LogP contribution < -0.4 is 16.0 Å². The minimum absolute atomic E-state index is 0.0129. The number of rotatable bonds is 8. The summed E-state index contributed by atoms with van der Waals surface area (Å²) in [6, 6.07) is 5.87. The Kier molecular flexibility index (Phi) is 6.91. The highest BCUT2D eigenvalue weighted by atomic mass is 32.2. The van der Waals surface area contributed by atoms with Gasteiger partial charge in [-0.2, -0.15) is 4.31 Å². The lowest BCUT2D eigenvalue weighted by Crippen LogP contribution is -2.49. The fourth-order valence-electron chi connectivity index (χ4n) is 2.44. The largest absolute Gasteiger partial charge is 0.354 e. The third-order valence-electron chi connectivity index (χ3n) is 3.75. The minimum atomic E-state index is -3.80. The topological polar surface area (TPSA) is 108 Å². The van der Waals surface area contributed by atoms with Crippen LogP contribution in [0, 0.1) is 0 Å². The molecule has 0 spiro atoms. The molecule has 0 atom stereocenters. The SMILES string of the molecule is CCCNCCNC(=O)c1cccc(S(=O)(=O)N2CCNC(=O)C2)c1. The first-order valence-electron chi connectivity index (χ1n) is 8.31. The average Bonchev–Trinajstić information content (AvgIpc) is 2.61. The van der Waals surface area contributed by atoms with E-state index in [4.69, 9.17) is 0 Å². The van der Waals surface area contributed by atoms with Crippen molar-refractivity contribution < 1.29 is 18.0 Å². The predicted octanol–water partition coefficient (Wildman–Crippen LogP) is -0.463. The number of carbonyl (C=O) groups is 2. The normalized spacial score (nSPS) is 15.6. The molecular formula is C16H24N4O4S. The quantitative estimate of drug-likeness (QED) is 0.538. The number of nitrogens with zero attached hydrogens (tertiary/aromatic N) is 1. The summed E-state index contributed by atoms with van der Waals surface area (Å²) < 4.78 is 26.4. The maximum absolute atomic E-state index is 12.6. The number of hydrogen-bond donors (Lipinski definition) is 3. The Morgan fingerprint density at radius 2 is 2.08 bits per heavy atom. The fraction of sp³-hybridized carbons (Fsp3) is 0.500. The maximum Gasteiger partial charge on any atom is 0.251 e. The molecular weight excluding hydrogens is 344 g/mol. The maximum atomic E-state index is 12.6. The number of sulfonamides is 1. The van der Waals surface area contributed by atoms with E-state index in [0.717, 1.165) is 17.3 Å². The van der Waals surface area contributed by atoms with Gasteiger partial charge in [0.15, 0.2) is 0 Å². The summed E-state index contributed by atoms with van der Waals surface area (Å²) in [5.74, 6) is -0.657. The third kappa shape index (κ3) is 5.25. The molecule has 1 aliphatic heterocycles. The van der Waals surface area contributed by atoms with Gasteiger partial charge in [-0.25, -0.2) is 8.42 Å². The molecule has 0 saturated carbocycles. The first-order valence-corrected chi connectivity index (χ1v) is 9.75. The van der Waals surface area contributed by atoms with Crippen LogP contribution in [0.1, 0.15) is 23.7 Å². The van der Waals surface area contributed by atoms with Crippen molar-refractivity contribution in [1.29, 1.82) is 0 Å². The summed E-state index contributed by atoms with van der Waals surface area (Å²) in [5.41, 5.74) is 0.276. The summed E-state index contributed by atoms with van der Waals surface area (Å²) in [6.45, 7) is 4.34. The van der Waals surface area contributed by atoms with E-state index in [9.17, 15) is 18.0 Å². The number of benzene rings is 1. The molecule has 0 radical (unpaired) electrons. The summed E-state index contributed by atoms with van der Waals surface area (Å²) in [6.07, 6.45) is 1.02. The lowest BCUT2D eigenvalue weighted by atomic mass is 10.2. The predicted molar refractivity (Wildman–Crippen MR) is 93.7 cm³/mol. The van der Waals surface area contributed by atoms with Crippen molar-refractivity contribution in [2.45, 2.75) is 18.2 Å². The van der Waals surface area contributed by atoms with Crippen LogP contribution >= 0.6 is 0 Å². The van der Waals surface area contributed by atoms with E-state index in [2.05, 4.69) is 22.9 Å². The van der Waals surface area contributed by atoms with Gasteiger partial charge in [0.05, 0.1) is 11.4 Å². The van der Waals surface area contributed by atoms with Crippen LogP contribution in [0.5, 0.6) is 0 Å². The fourth-order valence-corrected chi connectivity index (χ4v) is 3.88. The number of amides is 2. The Balaban J connectivity index is 2.04. The summed E-state index contributed by atoms with van der Waals surface area (Å²) in [5, 5.41) is 8.51. The van der Waals surface area contributed by atoms with Gasteiger partial charge in [0.2, 0.25) is 15.9 Å². The smallest absolute Gasteiger partial charge is 0.251 e. The molecule has 0 unspecified atom stereocenters. The van der Waals surface area contributed by atoms with Crippen LogP contribution in [-0.2, 0) is 14.8 Å². The van der Waals surface area contributed by atoms with Crippen molar-refractivity contribution in [3.8, 4) is 0 Å². The van der Waals surface area contributed by atoms with Crippen LogP contribution in [-0.4, -0.2) is 63.8 Å². The Labute approximate surface area is 148 Å². The summed E-state index contributed by atoms with van der Waals surface area (Å²) in [4.78, 5) is 23.6. The van der Waals surface area contributed by atoms with Crippen molar-refractivity contribution >= 4 is 21.8 Å². The van der Waals surface area contributed by atoms with E-state index in [1.54, 1.807) is 6.07 Å². The standard InChI is InChI=1S/C16H24N4O4S/c1-2-6-17-7-8-19-16(22)13-4-3-5-14(11-13)25(23,24)20-10-9-18-15(21)12-20/h3-5,11,17H,2,6-10,12H2,1H3,(H,18,21)(H,19,22). The van der Waals surface area contributed by atoms with E-state index in [1.807, 2.05) is 0 Å². The van der Waals surface area contributed by atoms with E-state index >= 15 is 0 Å². The van der Waals surface area contributed by atoms with Crippen molar-refractivity contribution in [3.05, 3.63) is 29.8 Å². The van der Waals surface area contributed by atoms with Crippen LogP contribution in [0.25, 0.3) is 0 Å². The highest BCUT2D eigenvalue weighted by molar-refractivity contribution is 7.89. The zero-order valence-electron chi connectivity index (χ0n) is 14.2. The second-order valence-electron chi connectivity index (χ2n) is 5.72. The van der Waals surface area contributed by atoms with Crippen molar-refractivity contribution in [2.24, 2.45) is 0 Å². The second-order valence-corrected chi connectivity index (χ2v) is 7.66. The monoisotopic (exact) mass is 368 g/mol. The molecule has 1 fully saturated rings. The number of piperazine rings is 1. The molecule has 2 rings (SSSR count). The van der Waals surface area contributed by atoms with Crippen LogP contribution in [0.2, 0.25) is 0 Å². The van der Waals surface area contributed by atoms with Crippen LogP contribution in [0.15, 0.2) is 29.2 Å². The van der Waals surface area contributed by atoms with E-state index < -0.39 is 10.0 Å². The van der Waals surface area contributed by atoms with E-state index in [1.165, 1.54) is 18.2 Å². The van der Waals surface area contributed by atoms with Crippen molar-refractivity contribution in [2.75, 3.05) is 39.3 Å². The molecule has 8 nitrogen and oxygen atoms in total. The molecule has 9 heteroatoms. The first-order chi connectivity index (χ1) is 11.9. The summed E-state index contributed by atoms with van der Waals surface area (Å²) in [7, 11) is -3.80. The molecule has 1 saturated heterocycles. The van der Waals surface area contributed by atoms with Gasteiger partial charge in [0.25, 0.3) is 5.91 Å². The molecule has 1 heterocycles. The van der Waals surface area contributed by atoms with Gasteiger partial charge >= 0.3 is 0 Å². The summed E-state index contributed by atoms with van der Waals surface area (Å²) >= 11 is 0. The molecule has 25 heavy (non-hydrogen) atoms. The van der Waals surface area contributed by atoms with E-state index in [0.29, 0.717) is 13.1 Å². The molecule has 1 aromatic carbocycles. The van der Waals surface area contributed by atoms with Crippen LogP contribution in [0.4, 0.5) is 0 Å². The second kappa shape index (κ2) is 8.93. The lowest BCUT2D eigenvalue weighted by Gasteiger charge is -2.26. The van der Waals surface area contributed by atoms with Gasteiger partial charge in [-0.1, -0.05) is 13.0 Å². The molecule has 1 aromatic rings. The van der Waals surface area contributed by atoms with Gasteiger partial charge in [-0.3, -0.25) is 9.59 Å². The van der Waals surface area contributed by atoms with Crippen LogP contribution in [0.3, 0.4) is 0 Å². The van der Waals surface area contributed by atoms with E-state index in [-0.39, 0.29) is 41.9 Å². The Morgan fingerprint density at radius 3 is 2.80 bits per heavy atom. The van der Waals surface area contributed by atoms with Gasteiger partial charge in [-0.15, -0.1) is 0 Å². The highest BCUT2D eigenvalue weighted by Crippen LogP contribution is 2.17. The number of nitrogens with one attached hydrogen (secondary N) is 3. The molecule has 2 amide bonds. The zero-order chi connectivity index (χ0) is 18.3. The van der Waals surface area contributed by atoms with Crippen molar-refractivity contribution in [1.82, 2.24) is 20.3 Å². The molecule has 138 valence electrons. The van der Waals surface area contributed by atoms with Gasteiger partial charge < -0.3 is 16.0 Å². The number of hydrogen-bond acceptors (Lipinski definition) is 5. The van der Waals surface area contributed by atoms with Gasteiger partial charge in [0, 0.05) is 31.7 Å². The molecule has 3 N–H and O–H groups in total. The molecule has 0 aromatic heterocycles. The Morgan fingerprint density at radius 1 is 1.28 bits per heavy atom. The first kappa shape index (κ1) is 19.4. The Hall–Kier alpha value is -1.97. The average molecular weight is 368 g/mol. The zero-order valence-corrected chi connectivity index (χ0v) is 15.1. The molecule has 0 aliphatic carbocycles. The van der Waals surface area contributed by atoms with Gasteiger partial charge in [-0.05, 0) is 31.2 Å². The highest BCUT2D eigenvalue weighted by Gasteiger charge is 2.29. The van der Waals surface area contributed by atoms with Crippen molar-refractivity contribution in [3.63, 3.8) is 0 Å². The molecule has 0 bridgehead atoms. The van der Waals surface area contributed by atoms with Gasteiger partial charge in [0.1, 0.15) is 0 Å². The number of carbonyl (C=O) groups excluding carboxylic acids is 2. The third-order valence-corrected chi connectivity index (χ3v) is 5.59. The Bertz CT molecular complexity index is 721. The lowest BCUT2D eigenvalue weighted by molar-refractivity contribution is -0.122.